The van der Waals surface area contributed by atoms with Crippen LogP contribution in [0.25, 0.3) is 11.1 Å². The van der Waals surface area contributed by atoms with Gasteiger partial charge in [-0.15, -0.1) is 0 Å². The Morgan fingerprint density at radius 1 is 1.03 bits per heavy atom. The second-order valence-electron chi connectivity index (χ2n) is 11.2. The molecule has 188 valence electrons. The van der Waals surface area contributed by atoms with Gasteiger partial charge in [-0.05, 0) is 80.9 Å². The molecule has 4 atom stereocenters. The molecule has 1 heteroatoms. The summed E-state index contributed by atoms with van der Waals surface area (Å²) >= 11 is 0. The van der Waals surface area contributed by atoms with Crippen LogP contribution in [0.1, 0.15) is 56.0 Å². The Hall–Kier alpha value is -3.45. The topological polar surface area (TPSA) is 12.9 Å². The molecule has 0 N–H and O–H groups in total. The van der Waals surface area contributed by atoms with Crippen LogP contribution >= 0.6 is 0 Å². The maximum Gasteiger partial charge on any atom is 0.0671 e. The van der Waals surface area contributed by atoms with Crippen molar-refractivity contribution in [1.29, 1.82) is 0 Å². The molecule has 0 bridgehead atoms. The highest BCUT2D eigenvalue weighted by Gasteiger charge is 2.74. The first-order valence-electron chi connectivity index (χ1n) is 13.6. The van der Waals surface area contributed by atoms with Gasteiger partial charge in [0.2, 0.25) is 0 Å². The molecule has 1 saturated carbocycles. The van der Waals surface area contributed by atoms with Crippen molar-refractivity contribution in [1.82, 2.24) is 4.98 Å². The van der Waals surface area contributed by atoms with Crippen molar-refractivity contribution in [3.05, 3.63) is 137 Å². The molecule has 0 amide bonds. The van der Waals surface area contributed by atoms with E-state index in [-0.39, 0.29) is 10.8 Å². The van der Waals surface area contributed by atoms with Gasteiger partial charge in [0.25, 0.3) is 0 Å². The number of allylic oxidation sites excluding steroid dienone is 13. The molecular weight excluding hydrogens is 446 g/mol. The van der Waals surface area contributed by atoms with Gasteiger partial charge in [-0.2, -0.15) is 0 Å². The normalized spacial score (nSPS) is 32.6. The first-order valence-corrected chi connectivity index (χ1v) is 13.6. The summed E-state index contributed by atoms with van der Waals surface area (Å²) in [7, 11) is 0. The molecule has 1 nitrogen and oxygen atoms in total. The number of pyridine rings is 1. The highest BCUT2D eigenvalue weighted by molar-refractivity contribution is 5.97. The predicted molar refractivity (Wildman–Crippen MR) is 159 cm³/mol. The third-order valence-electron chi connectivity index (χ3n) is 9.03. The number of benzene rings is 1. The number of aromatic nitrogens is 1. The Bertz CT molecular complexity index is 1370. The van der Waals surface area contributed by atoms with E-state index in [2.05, 4.69) is 126 Å². The van der Waals surface area contributed by atoms with Gasteiger partial charge in [-0.1, -0.05) is 109 Å². The van der Waals surface area contributed by atoms with Crippen LogP contribution < -0.4 is 0 Å². The van der Waals surface area contributed by atoms with E-state index < -0.39 is 0 Å². The Balaban J connectivity index is 1.75. The summed E-state index contributed by atoms with van der Waals surface area (Å²) in [6.45, 7) is 15.7. The molecule has 1 aromatic carbocycles. The molecular formula is C36H39N. The van der Waals surface area contributed by atoms with E-state index >= 15 is 0 Å². The lowest BCUT2D eigenvalue weighted by atomic mass is 9.68. The predicted octanol–water partition coefficient (Wildman–Crippen LogP) is 9.40. The third-order valence-corrected chi connectivity index (χ3v) is 9.03. The molecule has 3 aliphatic carbocycles. The lowest BCUT2D eigenvalue weighted by Crippen LogP contribution is -2.25. The summed E-state index contributed by atoms with van der Waals surface area (Å²) in [5.41, 5.74) is 10.1. The number of nitrogens with zero attached hydrogens (tertiary/aromatic N) is 1. The van der Waals surface area contributed by atoms with Gasteiger partial charge < -0.3 is 0 Å². The van der Waals surface area contributed by atoms with Crippen LogP contribution in [0.15, 0.2) is 115 Å². The summed E-state index contributed by atoms with van der Waals surface area (Å²) in [6, 6.07) is 13.2. The van der Waals surface area contributed by atoms with E-state index in [1.807, 2.05) is 12.3 Å². The molecule has 1 spiro atoms. The molecule has 3 aliphatic rings. The lowest BCUT2D eigenvalue weighted by molar-refractivity contribution is 0.372. The fraction of sp³-hybridized carbons (Fsp3) is 0.306. The molecule has 1 fully saturated rings. The standard InChI is InChI=1S/C36H39N/c1-7-18-36(29(6)35(36)19-11-8-9-14-27(4)28(5)24-35)32-16-13-15-31(30-22-25(2)21-26(3)23-30)34(32)33-17-10-12-20-37-33/h7-15,17-23,29,32H,5,16,24H2,1-4,6H3/b9-8-,18-7?,19-11+,27-14+. The number of hydrogen-bond acceptors (Lipinski definition) is 1. The van der Waals surface area contributed by atoms with E-state index in [0.717, 1.165) is 18.5 Å². The highest BCUT2D eigenvalue weighted by Crippen LogP contribution is 2.79. The summed E-state index contributed by atoms with van der Waals surface area (Å²) in [5.74, 6) is 0.778. The van der Waals surface area contributed by atoms with Gasteiger partial charge in [0.15, 0.2) is 0 Å². The van der Waals surface area contributed by atoms with Crippen LogP contribution in [0.2, 0.25) is 0 Å². The molecule has 5 rings (SSSR count). The van der Waals surface area contributed by atoms with E-state index in [0.29, 0.717) is 11.8 Å². The molecule has 0 radical (unpaired) electrons. The smallest absolute Gasteiger partial charge is 0.0671 e. The fourth-order valence-corrected chi connectivity index (χ4v) is 7.27. The van der Waals surface area contributed by atoms with Crippen molar-refractivity contribution >= 4 is 11.1 Å². The average Bonchev–Trinajstić information content (AvgIpc) is 3.35. The second-order valence-corrected chi connectivity index (χ2v) is 11.2. The maximum atomic E-state index is 4.94. The van der Waals surface area contributed by atoms with Crippen molar-refractivity contribution in [2.24, 2.45) is 22.7 Å². The van der Waals surface area contributed by atoms with Crippen LogP contribution in [0.4, 0.5) is 0 Å². The molecule has 1 aromatic heterocycles. The number of rotatable bonds is 4. The second kappa shape index (κ2) is 9.78. The minimum Gasteiger partial charge on any atom is -0.257 e. The molecule has 0 aliphatic heterocycles. The van der Waals surface area contributed by atoms with Crippen LogP contribution in [-0.4, -0.2) is 4.98 Å². The van der Waals surface area contributed by atoms with E-state index in [1.54, 1.807) is 0 Å². The van der Waals surface area contributed by atoms with E-state index in [4.69, 9.17) is 4.98 Å². The fourth-order valence-electron chi connectivity index (χ4n) is 7.27. The highest BCUT2D eigenvalue weighted by atomic mass is 14.8. The van der Waals surface area contributed by atoms with Gasteiger partial charge in [0.05, 0.1) is 5.69 Å². The summed E-state index contributed by atoms with van der Waals surface area (Å²) in [5, 5.41) is 0. The summed E-state index contributed by atoms with van der Waals surface area (Å²) in [6.07, 6.45) is 24.7. The summed E-state index contributed by atoms with van der Waals surface area (Å²) < 4.78 is 0. The Labute approximate surface area is 223 Å². The van der Waals surface area contributed by atoms with Gasteiger partial charge in [0.1, 0.15) is 0 Å². The minimum absolute atomic E-state index is 0.00385. The average molecular weight is 486 g/mol. The van der Waals surface area contributed by atoms with Crippen LogP contribution in [0.5, 0.6) is 0 Å². The molecule has 4 unspecified atom stereocenters. The molecule has 37 heavy (non-hydrogen) atoms. The number of aryl methyl sites for hydroxylation is 2. The van der Waals surface area contributed by atoms with E-state index in [1.165, 1.54) is 39.0 Å². The van der Waals surface area contributed by atoms with Crippen molar-refractivity contribution < 1.29 is 0 Å². The first-order chi connectivity index (χ1) is 17.8. The Kier molecular flexibility index (Phi) is 6.67. The largest absolute Gasteiger partial charge is 0.257 e. The van der Waals surface area contributed by atoms with Crippen LogP contribution in [0.3, 0.4) is 0 Å². The lowest BCUT2D eigenvalue weighted by Gasteiger charge is -2.35. The van der Waals surface area contributed by atoms with Gasteiger partial charge in [-0.25, -0.2) is 0 Å². The van der Waals surface area contributed by atoms with Gasteiger partial charge >= 0.3 is 0 Å². The molecule has 1 heterocycles. The maximum absolute atomic E-state index is 4.94. The Morgan fingerprint density at radius 3 is 2.51 bits per heavy atom. The van der Waals surface area contributed by atoms with Crippen molar-refractivity contribution in [2.45, 2.75) is 47.5 Å². The quantitative estimate of drug-likeness (QED) is 0.393. The monoisotopic (exact) mass is 485 g/mol. The third kappa shape index (κ3) is 4.15. The number of hydrogen-bond donors (Lipinski definition) is 0. The van der Waals surface area contributed by atoms with Crippen molar-refractivity contribution in [3.63, 3.8) is 0 Å². The van der Waals surface area contributed by atoms with Gasteiger partial charge in [0, 0.05) is 22.9 Å². The zero-order valence-electron chi connectivity index (χ0n) is 23.0. The van der Waals surface area contributed by atoms with Crippen LogP contribution in [-0.2, 0) is 0 Å². The summed E-state index contributed by atoms with van der Waals surface area (Å²) in [4.78, 5) is 4.94. The van der Waals surface area contributed by atoms with Gasteiger partial charge in [-0.3, -0.25) is 4.98 Å². The first kappa shape index (κ1) is 25.2. The zero-order valence-corrected chi connectivity index (χ0v) is 23.0. The Morgan fingerprint density at radius 2 is 1.81 bits per heavy atom. The molecule has 2 aromatic rings. The minimum atomic E-state index is -0.0264. The SMILES string of the molecule is C=C1CC2(/C=C/C=C\C=C\1C)C(C)C2(C=CC)C1CC=CC(c2cc(C)cc(C)c2)=C1c1ccccn1. The van der Waals surface area contributed by atoms with Crippen LogP contribution in [0, 0.1) is 36.5 Å². The van der Waals surface area contributed by atoms with Crippen molar-refractivity contribution in [3.8, 4) is 0 Å². The zero-order chi connectivity index (χ0) is 26.2. The molecule has 0 saturated heterocycles. The van der Waals surface area contributed by atoms with E-state index in [9.17, 15) is 0 Å². The van der Waals surface area contributed by atoms with Crippen molar-refractivity contribution in [2.75, 3.05) is 0 Å².